The number of nitriles is 3. The van der Waals surface area contributed by atoms with Gasteiger partial charge in [0, 0.05) is 5.25 Å². The number of halogens is 3. The fourth-order valence-corrected chi connectivity index (χ4v) is 2.84. The molecule has 20 heavy (non-hydrogen) atoms. The summed E-state index contributed by atoms with van der Waals surface area (Å²) in [5.74, 6) is -3.97. The summed E-state index contributed by atoms with van der Waals surface area (Å²) in [6.45, 7) is 0. The molecule has 0 saturated carbocycles. The molecule has 0 bridgehead atoms. The second-order valence-corrected chi connectivity index (χ2v) is 4.75. The van der Waals surface area contributed by atoms with E-state index in [1.54, 1.807) is 0 Å². The van der Waals surface area contributed by atoms with Crippen molar-refractivity contribution in [2.24, 2.45) is 5.92 Å². The number of allylic oxidation sites excluding steroid dienone is 2. The van der Waals surface area contributed by atoms with Crippen molar-refractivity contribution in [3.8, 4) is 18.2 Å². The van der Waals surface area contributed by atoms with Crippen LogP contribution in [0.25, 0.3) is 0 Å². The minimum Gasteiger partial charge on any atom is -0.477 e. The summed E-state index contributed by atoms with van der Waals surface area (Å²) in [6.07, 6.45) is -4.20. The van der Waals surface area contributed by atoms with Crippen molar-refractivity contribution in [3.05, 3.63) is 22.1 Å². The van der Waals surface area contributed by atoms with Gasteiger partial charge in [0.05, 0.1) is 16.5 Å². The van der Waals surface area contributed by atoms with Gasteiger partial charge in [-0.15, -0.1) is 11.8 Å². The number of hydrogen-bond acceptors (Lipinski definition) is 5. The lowest BCUT2D eigenvalue weighted by molar-refractivity contribution is -0.160. The fourth-order valence-electron chi connectivity index (χ4n) is 1.58. The minimum absolute atomic E-state index is 0.418. The second kappa shape index (κ2) is 5.68. The Hall–Kier alpha value is -2.44. The van der Waals surface area contributed by atoms with E-state index in [9.17, 15) is 18.0 Å². The number of thioether (sulfide) groups is 1. The summed E-state index contributed by atoms with van der Waals surface area (Å²) >= 11 is 0.425. The number of carboxylic acid groups (broad SMARTS) is 1. The van der Waals surface area contributed by atoms with E-state index in [0.717, 1.165) is 0 Å². The van der Waals surface area contributed by atoms with Crippen LogP contribution in [0.15, 0.2) is 22.1 Å². The molecule has 5 nitrogen and oxygen atoms in total. The molecule has 0 spiro atoms. The van der Waals surface area contributed by atoms with Crippen molar-refractivity contribution in [1.29, 1.82) is 15.8 Å². The standard InChI is InChI=1S/C11H4F3N3O2S/c12-11(13,14)9-6(3-16)8(4-17)20-7(9)1-5(2-15)10(18)19/h1,7,9H,(H,18,19). The Morgan fingerprint density at radius 1 is 1.30 bits per heavy atom. The van der Waals surface area contributed by atoms with E-state index in [-0.39, 0.29) is 0 Å². The number of hydrogen-bond donors (Lipinski definition) is 1. The maximum absolute atomic E-state index is 12.9. The number of carbonyl (C=O) groups is 1. The lowest BCUT2D eigenvalue weighted by atomic mass is 9.94. The third-order valence-electron chi connectivity index (χ3n) is 2.39. The lowest BCUT2D eigenvalue weighted by Gasteiger charge is -2.19. The number of rotatable bonds is 2. The lowest BCUT2D eigenvalue weighted by Crippen LogP contribution is -2.30. The third-order valence-corrected chi connectivity index (χ3v) is 3.62. The highest BCUT2D eigenvalue weighted by Gasteiger charge is 2.52. The van der Waals surface area contributed by atoms with Crippen molar-refractivity contribution < 1.29 is 23.1 Å². The first-order chi connectivity index (χ1) is 9.26. The van der Waals surface area contributed by atoms with E-state index in [1.807, 2.05) is 0 Å². The molecule has 0 aromatic heterocycles. The zero-order valence-corrected chi connectivity index (χ0v) is 10.3. The third kappa shape index (κ3) is 2.93. The summed E-state index contributed by atoms with van der Waals surface area (Å²) in [6, 6.07) is 4.07. The fraction of sp³-hybridized carbons (Fsp3) is 0.273. The zero-order chi connectivity index (χ0) is 15.5. The molecule has 0 amide bonds. The van der Waals surface area contributed by atoms with Crippen molar-refractivity contribution in [2.75, 3.05) is 0 Å². The Kier molecular flexibility index (Phi) is 4.44. The van der Waals surface area contributed by atoms with Crippen molar-refractivity contribution in [3.63, 3.8) is 0 Å². The van der Waals surface area contributed by atoms with E-state index in [4.69, 9.17) is 20.9 Å². The summed E-state index contributed by atoms with van der Waals surface area (Å²) < 4.78 is 38.8. The Morgan fingerprint density at radius 2 is 1.90 bits per heavy atom. The van der Waals surface area contributed by atoms with Crippen molar-refractivity contribution in [2.45, 2.75) is 11.4 Å². The molecule has 1 aliphatic rings. The van der Waals surface area contributed by atoms with Crippen LogP contribution in [-0.4, -0.2) is 22.5 Å². The van der Waals surface area contributed by atoms with E-state index in [0.29, 0.717) is 17.8 Å². The topological polar surface area (TPSA) is 109 Å². The average molecular weight is 299 g/mol. The first kappa shape index (κ1) is 15.6. The maximum atomic E-state index is 12.9. The molecule has 9 heteroatoms. The Balaban J connectivity index is 3.33. The Bertz CT molecular complexity index is 631. The maximum Gasteiger partial charge on any atom is 0.397 e. The molecular formula is C11H4F3N3O2S. The van der Waals surface area contributed by atoms with Crippen LogP contribution in [0.5, 0.6) is 0 Å². The van der Waals surface area contributed by atoms with Crippen LogP contribution in [0.4, 0.5) is 13.2 Å². The molecule has 2 unspecified atom stereocenters. The quantitative estimate of drug-likeness (QED) is 0.618. The molecule has 1 aliphatic heterocycles. The normalized spacial score (nSPS) is 22.9. The Morgan fingerprint density at radius 3 is 2.25 bits per heavy atom. The SMILES string of the molecule is N#CC(=CC1SC(C#N)=C(C#N)C1C(F)(F)F)C(=O)O. The molecular weight excluding hydrogens is 295 g/mol. The zero-order valence-electron chi connectivity index (χ0n) is 9.47. The average Bonchev–Trinajstić information content (AvgIpc) is 2.72. The predicted molar refractivity (Wildman–Crippen MR) is 60.5 cm³/mol. The number of aliphatic carboxylic acids is 1. The predicted octanol–water partition coefficient (Wildman–Crippen LogP) is 2.12. The largest absolute Gasteiger partial charge is 0.477 e. The molecule has 1 heterocycles. The van der Waals surface area contributed by atoms with Gasteiger partial charge in [-0.05, 0) is 6.08 Å². The highest BCUT2D eigenvalue weighted by atomic mass is 32.2. The minimum atomic E-state index is -4.82. The molecule has 0 aliphatic carbocycles. The van der Waals surface area contributed by atoms with Gasteiger partial charge in [0.15, 0.2) is 0 Å². The number of nitrogens with zero attached hydrogens (tertiary/aromatic N) is 3. The monoisotopic (exact) mass is 299 g/mol. The molecule has 0 aromatic rings. The molecule has 0 aromatic carbocycles. The highest BCUT2D eigenvalue weighted by Crippen LogP contribution is 2.49. The Labute approximate surface area is 115 Å². The van der Waals surface area contributed by atoms with Gasteiger partial charge in [0.1, 0.15) is 23.6 Å². The van der Waals surface area contributed by atoms with Crippen LogP contribution in [0.2, 0.25) is 0 Å². The van der Waals surface area contributed by atoms with E-state index in [1.165, 1.54) is 18.2 Å². The molecule has 102 valence electrons. The van der Waals surface area contributed by atoms with Crippen LogP contribution in [0.3, 0.4) is 0 Å². The second-order valence-electron chi connectivity index (χ2n) is 3.57. The summed E-state index contributed by atoms with van der Waals surface area (Å²) in [5, 5.41) is 33.1. The summed E-state index contributed by atoms with van der Waals surface area (Å²) in [7, 11) is 0. The molecule has 0 saturated heterocycles. The number of alkyl halides is 3. The van der Waals surface area contributed by atoms with Crippen LogP contribution in [0, 0.1) is 39.9 Å². The van der Waals surface area contributed by atoms with Crippen LogP contribution in [-0.2, 0) is 4.79 Å². The van der Waals surface area contributed by atoms with Crippen LogP contribution >= 0.6 is 11.8 Å². The van der Waals surface area contributed by atoms with Gasteiger partial charge >= 0.3 is 12.1 Å². The van der Waals surface area contributed by atoms with Gasteiger partial charge < -0.3 is 5.11 Å². The number of carboxylic acids is 1. The van der Waals surface area contributed by atoms with Crippen LogP contribution < -0.4 is 0 Å². The van der Waals surface area contributed by atoms with Crippen molar-refractivity contribution >= 4 is 17.7 Å². The van der Waals surface area contributed by atoms with E-state index >= 15 is 0 Å². The highest BCUT2D eigenvalue weighted by molar-refractivity contribution is 8.04. The molecule has 0 fully saturated rings. The van der Waals surface area contributed by atoms with Gasteiger partial charge in [-0.1, -0.05) is 0 Å². The first-order valence-corrected chi connectivity index (χ1v) is 5.77. The van der Waals surface area contributed by atoms with Crippen LogP contribution in [0.1, 0.15) is 0 Å². The molecule has 0 radical (unpaired) electrons. The summed E-state index contributed by atoms with van der Waals surface area (Å²) in [5.41, 5.74) is -1.62. The van der Waals surface area contributed by atoms with Gasteiger partial charge in [-0.25, -0.2) is 4.79 Å². The molecule has 2 atom stereocenters. The summed E-state index contributed by atoms with van der Waals surface area (Å²) in [4.78, 5) is 10.2. The van der Waals surface area contributed by atoms with Crippen molar-refractivity contribution in [1.82, 2.24) is 0 Å². The first-order valence-electron chi connectivity index (χ1n) is 4.89. The van der Waals surface area contributed by atoms with Gasteiger partial charge in [0.25, 0.3) is 0 Å². The smallest absolute Gasteiger partial charge is 0.397 e. The van der Waals surface area contributed by atoms with E-state index < -0.39 is 39.4 Å². The molecule has 1 N–H and O–H groups in total. The van der Waals surface area contributed by atoms with Gasteiger partial charge in [0.2, 0.25) is 0 Å². The van der Waals surface area contributed by atoms with Gasteiger partial charge in [-0.3, -0.25) is 0 Å². The van der Waals surface area contributed by atoms with Gasteiger partial charge in [-0.2, -0.15) is 29.0 Å². The molecule has 1 rings (SSSR count). The van der Waals surface area contributed by atoms with E-state index in [2.05, 4.69) is 0 Å².